The molecule has 1 aromatic rings. The summed E-state index contributed by atoms with van der Waals surface area (Å²) in [6, 6.07) is 0.969. The number of halogens is 1. The van der Waals surface area contributed by atoms with E-state index in [4.69, 9.17) is 15.6 Å². The number of ether oxygens (including phenoxy) is 1. The molecule has 0 saturated heterocycles. The number of thiophene rings is 1. The normalized spacial score (nSPS) is 12.5. The first-order valence-electron chi connectivity index (χ1n) is 3.85. The molecule has 78 valence electrons. The molecule has 1 aromatic heterocycles. The molecule has 0 fully saturated rings. The summed E-state index contributed by atoms with van der Waals surface area (Å²) in [5.41, 5.74) is 5.40. The molecule has 0 aromatic carbocycles. The Morgan fingerprint density at radius 3 is 2.93 bits per heavy atom. The van der Waals surface area contributed by atoms with E-state index in [0.29, 0.717) is 6.42 Å². The topological polar surface area (TPSA) is 72.5 Å². The van der Waals surface area contributed by atoms with Crippen molar-refractivity contribution >= 4 is 33.2 Å². The van der Waals surface area contributed by atoms with Crippen molar-refractivity contribution in [2.24, 2.45) is 5.73 Å². The third-order valence-corrected chi connectivity index (χ3v) is 3.60. The van der Waals surface area contributed by atoms with E-state index in [9.17, 15) is 4.79 Å². The largest absolute Gasteiger partial charge is 0.486 e. The van der Waals surface area contributed by atoms with Crippen molar-refractivity contribution < 1.29 is 14.6 Å². The first kappa shape index (κ1) is 11.5. The first-order chi connectivity index (χ1) is 6.54. The van der Waals surface area contributed by atoms with Gasteiger partial charge in [-0.15, -0.1) is 11.3 Å². The summed E-state index contributed by atoms with van der Waals surface area (Å²) in [6.45, 7) is 0. The van der Waals surface area contributed by atoms with Crippen molar-refractivity contribution in [3.05, 3.63) is 15.4 Å². The zero-order chi connectivity index (χ0) is 10.7. The molecule has 0 saturated carbocycles. The first-order valence-corrected chi connectivity index (χ1v) is 5.46. The number of rotatable bonds is 4. The minimum Gasteiger partial charge on any atom is -0.486 e. The molecule has 0 bridgehead atoms. The molecule has 1 rings (SSSR count). The van der Waals surface area contributed by atoms with Gasteiger partial charge in [-0.1, -0.05) is 0 Å². The highest BCUT2D eigenvalue weighted by atomic mass is 79.9. The second-order valence-corrected chi connectivity index (χ2v) is 4.65. The molecule has 0 aliphatic carbocycles. The highest BCUT2D eigenvalue weighted by Crippen LogP contribution is 2.34. The van der Waals surface area contributed by atoms with Gasteiger partial charge >= 0.3 is 5.97 Å². The van der Waals surface area contributed by atoms with Gasteiger partial charge < -0.3 is 15.6 Å². The molecule has 1 heterocycles. The van der Waals surface area contributed by atoms with Crippen LogP contribution in [0.15, 0.2) is 10.5 Å². The number of nitrogens with two attached hydrogens (primary N) is 1. The quantitative estimate of drug-likeness (QED) is 0.876. The minimum absolute atomic E-state index is 0.321. The molecule has 0 amide bonds. The fourth-order valence-electron chi connectivity index (χ4n) is 0.941. The second kappa shape index (κ2) is 4.77. The van der Waals surface area contributed by atoms with E-state index in [2.05, 4.69) is 15.9 Å². The van der Waals surface area contributed by atoms with Crippen LogP contribution in [0, 0.1) is 0 Å². The Bertz CT molecular complexity index is 339. The molecule has 0 radical (unpaired) electrons. The SMILES string of the molecule is COc1sc(CC(N)C(=O)O)cc1Br. The Labute approximate surface area is 93.8 Å². The number of carboxylic acid groups (broad SMARTS) is 1. The number of aliphatic carboxylic acids is 1. The van der Waals surface area contributed by atoms with Gasteiger partial charge in [-0.2, -0.15) is 0 Å². The van der Waals surface area contributed by atoms with Crippen LogP contribution in [0.3, 0.4) is 0 Å². The summed E-state index contributed by atoms with van der Waals surface area (Å²) in [5.74, 6) is -0.992. The molecule has 6 heteroatoms. The van der Waals surface area contributed by atoms with E-state index in [-0.39, 0.29) is 0 Å². The van der Waals surface area contributed by atoms with Crippen LogP contribution < -0.4 is 10.5 Å². The van der Waals surface area contributed by atoms with Crippen LogP contribution in [-0.2, 0) is 11.2 Å². The predicted molar refractivity (Wildman–Crippen MR) is 57.9 cm³/mol. The molecule has 0 spiro atoms. The Morgan fingerprint density at radius 2 is 2.50 bits per heavy atom. The lowest BCUT2D eigenvalue weighted by atomic mass is 10.2. The van der Waals surface area contributed by atoms with Crippen molar-refractivity contribution in [2.45, 2.75) is 12.5 Å². The predicted octanol–water partition coefficient (Wildman–Crippen LogP) is 1.47. The van der Waals surface area contributed by atoms with Crippen molar-refractivity contribution in [2.75, 3.05) is 7.11 Å². The summed E-state index contributed by atoms with van der Waals surface area (Å²) in [4.78, 5) is 11.4. The van der Waals surface area contributed by atoms with Gasteiger partial charge in [0.15, 0.2) is 5.06 Å². The summed E-state index contributed by atoms with van der Waals surface area (Å²) >= 11 is 4.69. The van der Waals surface area contributed by atoms with E-state index < -0.39 is 12.0 Å². The van der Waals surface area contributed by atoms with Crippen molar-refractivity contribution in [1.29, 1.82) is 0 Å². The number of carboxylic acids is 1. The smallest absolute Gasteiger partial charge is 0.320 e. The average Bonchev–Trinajstić information content (AvgIpc) is 2.45. The fraction of sp³-hybridized carbons (Fsp3) is 0.375. The molecule has 4 nitrogen and oxygen atoms in total. The number of hydrogen-bond donors (Lipinski definition) is 2. The zero-order valence-electron chi connectivity index (χ0n) is 7.49. The van der Waals surface area contributed by atoms with Gasteiger partial charge in [0.25, 0.3) is 0 Å². The number of methoxy groups -OCH3 is 1. The lowest BCUT2D eigenvalue weighted by Gasteiger charge is -2.02. The van der Waals surface area contributed by atoms with E-state index in [1.807, 2.05) is 6.07 Å². The average molecular weight is 280 g/mol. The maximum atomic E-state index is 10.5. The number of carbonyl (C=O) groups is 1. The maximum Gasteiger partial charge on any atom is 0.320 e. The Morgan fingerprint density at radius 1 is 1.86 bits per heavy atom. The second-order valence-electron chi connectivity index (χ2n) is 2.70. The lowest BCUT2D eigenvalue weighted by molar-refractivity contribution is -0.138. The van der Waals surface area contributed by atoms with E-state index >= 15 is 0 Å². The van der Waals surface area contributed by atoms with Gasteiger partial charge in [0, 0.05) is 11.3 Å². The van der Waals surface area contributed by atoms with Crippen LogP contribution in [0.25, 0.3) is 0 Å². The Balaban J connectivity index is 2.72. The lowest BCUT2D eigenvalue weighted by Crippen LogP contribution is -2.31. The number of hydrogen-bond acceptors (Lipinski definition) is 4. The van der Waals surface area contributed by atoms with E-state index in [1.54, 1.807) is 7.11 Å². The third kappa shape index (κ3) is 2.70. The molecule has 1 unspecified atom stereocenters. The Kier molecular flexibility index (Phi) is 3.91. The van der Waals surface area contributed by atoms with Crippen molar-refractivity contribution in [1.82, 2.24) is 0 Å². The summed E-state index contributed by atoms with van der Waals surface area (Å²) in [5, 5.41) is 9.35. The fourth-order valence-corrected chi connectivity index (χ4v) is 2.69. The molecular formula is C8H10BrNO3S. The molecule has 3 N–H and O–H groups in total. The minimum atomic E-state index is -0.992. The van der Waals surface area contributed by atoms with Crippen LogP contribution >= 0.6 is 27.3 Å². The van der Waals surface area contributed by atoms with Gasteiger partial charge in [0.2, 0.25) is 0 Å². The highest BCUT2D eigenvalue weighted by molar-refractivity contribution is 9.10. The van der Waals surface area contributed by atoms with Gasteiger partial charge in [-0.25, -0.2) is 0 Å². The van der Waals surface area contributed by atoms with Gasteiger partial charge in [-0.3, -0.25) is 4.79 Å². The van der Waals surface area contributed by atoms with Crippen molar-refractivity contribution in [3.8, 4) is 5.06 Å². The maximum absolute atomic E-state index is 10.5. The molecular weight excluding hydrogens is 270 g/mol. The molecule has 14 heavy (non-hydrogen) atoms. The third-order valence-electron chi connectivity index (χ3n) is 1.63. The van der Waals surface area contributed by atoms with Crippen LogP contribution in [0.1, 0.15) is 4.88 Å². The van der Waals surface area contributed by atoms with Crippen LogP contribution in [0.2, 0.25) is 0 Å². The van der Waals surface area contributed by atoms with Gasteiger partial charge in [0.05, 0.1) is 11.6 Å². The zero-order valence-corrected chi connectivity index (χ0v) is 9.89. The standard InChI is InChI=1S/C8H10BrNO3S/c1-13-8-5(9)2-4(14-8)3-6(10)7(11)12/h2,6H,3,10H2,1H3,(H,11,12). The Hall–Kier alpha value is -0.590. The molecule has 0 aliphatic rings. The van der Waals surface area contributed by atoms with Crippen LogP contribution in [0.5, 0.6) is 5.06 Å². The van der Waals surface area contributed by atoms with Gasteiger partial charge in [0.1, 0.15) is 6.04 Å². The molecule has 0 aliphatic heterocycles. The van der Waals surface area contributed by atoms with Crippen LogP contribution in [-0.4, -0.2) is 24.2 Å². The molecule has 1 atom stereocenters. The van der Waals surface area contributed by atoms with Crippen molar-refractivity contribution in [3.63, 3.8) is 0 Å². The summed E-state index contributed by atoms with van der Waals surface area (Å²) < 4.78 is 5.88. The van der Waals surface area contributed by atoms with E-state index in [0.717, 1.165) is 14.4 Å². The summed E-state index contributed by atoms with van der Waals surface area (Å²) in [7, 11) is 1.57. The highest BCUT2D eigenvalue weighted by Gasteiger charge is 2.15. The summed E-state index contributed by atoms with van der Waals surface area (Å²) in [6.07, 6.45) is 0.321. The monoisotopic (exact) mass is 279 g/mol. The van der Waals surface area contributed by atoms with Gasteiger partial charge in [-0.05, 0) is 22.0 Å². The van der Waals surface area contributed by atoms with Crippen LogP contribution in [0.4, 0.5) is 0 Å². The van der Waals surface area contributed by atoms with E-state index in [1.165, 1.54) is 11.3 Å².